The van der Waals surface area contributed by atoms with E-state index in [0.29, 0.717) is 11.6 Å². The molecule has 2 aromatic rings. The quantitative estimate of drug-likeness (QED) is 0.947. The van der Waals surface area contributed by atoms with E-state index in [9.17, 15) is 0 Å². The van der Waals surface area contributed by atoms with Crippen molar-refractivity contribution in [2.45, 2.75) is 13.0 Å². The van der Waals surface area contributed by atoms with E-state index >= 15 is 0 Å². The first kappa shape index (κ1) is 13.0. The molecular formula is C13H14BrN3O. The molecule has 2 rings (SSSR count). The van der Waals surface area contributed by atoms with Gasteiger partial charge in [-0.25, -0.2) is 4.98 Å². The Labute approximate surface area is 114 Å². The van der Waals surface area contributed by atoms with Crippen LogP contribution in [0.2, 0.25) is 0 Å². The van der Waals surface area contributed by atoms with Gasteiger partial charge >= 0.3 is 0 Å². The summed E-state index contributed by atoms with van der Waals surface area (Å²) in [6, 6.07) is 5.63. The molecule has 0 fully saturated rings. The molecule has 0 saturated heterocycles. The van der Waals surface area contributed by atoms with E-state index in [0.717, 1.165) is 15.6 Å². The van der Waals surface area contributed by atoms with Gasteiger partial charge in [0.05, 0.1) is 13.2 Å². The third-order valence-corrected chi connectivity index (χ3v) is 3.61. The molecule has 2 N–H and O–H groups in total. The highest BCUT2D eigenvalue weighted by molar-refractivity contribution is 9.10. The summed E-state index contributed by atoms with van der Waals surface area (Å²) in [5.41, 5.74) is 8.97. The van der Waals surface area contributed by atoms with Crippen LogP contribution in [0.4, 0.5) is 0 Å². The number of methoxy groups -OCH3 is 1. The fourth-order valence-corrected chi connectivity index (χ4v) is 1.97. The van der Waals surface area contributed by atoms with Crippen LogP contribution in [0.25, 0.3) is 0 Å². The minimum absolute atomic E-state index is 0.347. The van der Waals surface area contributed by atoms with Crippen molar-refractivity contribution in [1.29, 1.82) is 0 Å². The van der Waals surface area contributed by atoms with Gasteiger partial charge in [-0.2, -0.15) is 0 Å². The molecule has 1 aromatic carbocycles. The van der Waals surface area contributed by atoms with Crippen LogP contribution in [-0.4, -0.2) is 17.1 Å². The van der Waals surface area contributed by atoms with Crippen molar-refractivity contribution in [3.05, 3.63) is 51.9 Å². The summed E-state index contributed by atoms with van der Waals surface area (Å²) in [6.07, 6.45) is 3.20. The SMILES string of the molecule is COc1nccnc1C(N)c1ccc(Br)c(C)c1. The zero-order valence-corrected chi connectivity index (χ0v) is 11.8. The number of hydrogen-bond acceptors (Lipinski definition) is 4. The lowest BCUT2D eigenvalue weighted by atomic mass is 10.0. The number of rotatable bonds is 3. The van der Waals surface area contributed by atoms with Crippen molar-refractivity contribution in [2.75, 3.05) is 7.11 Å². The second-order valence-corrected chi connectivity index (χ2v) is 4.79. The van der Waals surface area contributed by atoms with E-state index in [1.165, 1.54) is 0 Å². The van der Waals surface area contributed by atoms with E-state index in [1.807, 2.05) is 25.1 Å². The molecule has 0 amide bonds. The van der Waals surface area contributed by atoms with Gasteiger partial charge in [-0.3, -0.25) is 4.98 Å². The van der Waals surface area contributed by atoms with Crippen molar-refractivity contribution < 1.29 is 4.74 Å². The lowest BCUT2D eigenvalue weighted by Gasteiger charge is -2.14. The largest absolute Gasteiger partial charge is 0.480 e. The van der Waals surface area contributed by atoms with E-state index < -0.39 is 0 Å². The van der Waals surface area contributed by atoms with Gasteiger partial charge in [0.25, 0.3) is 0 Å². The smallest absolute Gasteiger partial charge is 0.237 e. The highest BCUT2D eigenvalue weighted by Gasteiger charge is 2.16. The molecule has 0 radical (unpaired) electrons. The van der Waals surface area contributed by atoms with Gasteiger partial charge < -0.3 is 10.5 Å². The summed E-state index contributed by atoms with van der Waals surface area (Å²) in [5, 5.41) is 0. The average Bonchev–Trinajstić information content (AvgIpc) is 2.41. The fraction of sp³-hybridized carbons (Fsp3) is 0.231. The number of aromatic nitrogens is 2. The molecule has 0 aliphatic carbocycles. The van der Waals surface area contributed by atoms with Crippen LogP contribution in [0.5, 0.6) is 5.88 Å². The van der Waals surface area contributed by atoms with Crippen molar-refractivity contribution in [2.24, 2.45) is 5.73 Å². The number of hydrogen-bond donors (Lipinski definition) is 1. The Hall–Kier alpha value is -1.46. The lowest BCUT2D eigenvalue weighted by Crippen LogP contribution is -2.15. The summed E-state index contributed by atoms with van der Waals surface area (Å²) >= 11 is 3.47. The van der Waals surface area contributed by atoms with Gasteiger partial charge in [0.15, 0.2) is 0 Å². The van der Waals surface area contributed by atoms with Gasteiger partial charge in [0, 0.05) is 16.9 Å². The molecule has 0 bridgehead atoms. The summed E-state index contributed by atoms with van der Waals surface area (Å²) < 4.78 is 6.24. The maximum Gasteiger partial charge on any atom is 0.237 e. The Bertz CT molecular complexity index is 560. The van der Waals surface area contributed by atoms with Crippen molar-refractivity contribution in [3.8, 4) is 5.88 Å². The predicted molar refractivity (Wildman–Crippen MR) is 73.5 cm³/mol. The molecule has 1 unspecified atom stereocenters. The molecule has 1 heterocycles. The van der Waals surface area contributed by atoms with Gasteiger partial charge in [0.1, 0.15) is 5.69 Å². The molecule has 0 aliphatic rings. The molecule has 1 atom stereocenters. The Morgan fingerprint density at radius 1 is 1.28 bits per heavy atom. The molecule has 18 heavy (non-hydrogen) atoms. The number of nitrogens with two attached hydrogens (primary N) is 1. The number of halogens is 1. The normalized spacial score (nSPS) is 12.2. The molecule has 1 aromatic heterocycles. The van der Waals surface area contributed by atoms with Crippen LogP contribution < -0.4 is 10.5 Å². The Kier molecular flexibility index (Phi) is 3.93. The van der Waals surface area contributed by atoms with Crippen molar-refractivity contribution >= 4 is 15.9 Å². The first-order chi connectivity index (χ1) is 8.63. The fourth-order valence-electron chi connectivity index (χ4n) is 1.73. The maximum atomic E-state index is 6.21. The molecule has 5 heteroatoms. The monoisotopic (exact) mass is 307 g/mol. The Morgan fingerprint density at radius 2 is 2.00 bits per heavy atom. The highest BCUT2D eigenvalue weighted by atomic mass is 79.9. The number of benzene rings is 1. The summed E-state index contributed by atoms with van der Waals surface area (Å²) in [5.74, 6) is 0.463. The zero-order valence-electron chi connectivity index (χ0n) is 10.2. The topological polar surface area (TPSA) is 61.0 Å². The third-order valence-electron chi connectivity index (χ3n) is 2.72. The summed E-state index contributed by atoms with van der Waals surface area (Å²) in [7, 11) is 1.56. The highest BCUT2D eigenvalue weighted by Crippen LogP contribution is 2.26. The number of nitrogens with zero attached hydrogens (tertiary/aromatic N) is 2. The van der Waals surface area contributed by atoms with Crippen LogP contribution in [-0.2, 0) is 0 Å². The maximum absolute atomic E-state index is 6.21. The number of ether oxygens (including phenoxy) is 1. The van der Waals surface area contributed by atoms with E-state index in [4.69, 9.17) is 10.5 Å². The summed E-state index contributed by atoms with van der Waals surface area (Å²) in [4.78, 5) is 8.36. The molecule has 0 aliphatic heterocycles. The Balaban J connectivity index is 2.41. The molecule has 0 spiro atoms. The minimum atomic E-state index is -0.347. The molecular weight excluding hydrogens is 294 g/mol. The van der Waals surface area contributed by atoms with Crippen LogP contribution in [0.15, 0.2) is 35.1 Å². The summed E-state index contributed by atoms with van der Waals surface area (Å²) in [6.45, 7) is 2.02. The first-order valence-corrected chi connectivity index (χ1v) is 6.29. The van der Waals surface area contributed by atoms with E-state index in [1.54, 1.807) is 19.5 Å². The second kappa shape index (κ2) is 5.46. The van der Waals surface area contributed by atoms with Crippen molar-refractivity contribution in [1.82, 2.24) is 9.97 Å². The van der Waals surface area contributed by atoms with Crippen LogP contribution >= 0.6 is 15.9 Å². The first-order valence-electron chi connectivity index (χ1n) is 5.50. The van der Waals surface area contributed by atoms with E-state index in [-0.39, 0.29) is 6.04 Å². The second-order valence-electron chi connectivity index (χ2n) is 3.94. The number of aryl methyl sites for hydroxylation is 1. The van der Waals surface area contributed by atoms with E-state index in [2.05, 4.69) is 25.9 Å². The van der Waals surface area contributed by atoms with Gasteiger partial charge in [-0.05, 0) is 24.1 Å². The molecule has 4 nitrogen and oxygen atoms in total. The van der Waals surface area contributed by atoms with Crippen molar-refractivity contribution in [3.63, 3.8) is 0 Å². The van der Waals surface area contributed by atoms with Gasteiger partial charge in [0.2, 0.25) is 5.88 Å². The Morgan fingerprint density at radius 3 is 2.67 bits per heavy atom. The van der Waals surface area contributed by atoms with Gasteiger partial charge in [-0.15, -0.1) is 0 Å². The average molecular weight is 308 g/mol. The zero-order chi connectivity index (χ0) is 13.1. The van der Waals surface area contributed by atoms with Crippen LogP contribution in [0.3, 0.4) is 0 Å². The van der Waals surface area contributed by atoms with Crippen LogP contribution in [0.1, 0.15) is 22.9 Å². The van der Waals surface area contributed by atoms with Crippen LogP contribution in [0, 0.1) is 6.92 Å². The van der Waals surface area contributed by atoms with Gasteiger partial charge in [-0.1, -0.05) is 28.1 Å². The minimum Gasteiger partial charge on any atom is -0.480 e. The molecule has 94 valence electrons. The molecule has 0 saturated carbocycles. The standard InChI is InChI=1S/C13H14BrN3O/c1-8-7-9(3-4-10(8)14)11(15)12-13(18-2)17-6-5-16-12/h3-7,11H,15H2,1-2H3. The lowest BCUT2D eigenvalue weighted by molar-refractivity contribution is 0.387. The predicted octanol–water partition coefficient (Wildman–Crippen LogP) is 2.60. The third kappa shape index (κ3) is 2.52.